The van der Waals surface area contributed by atoms with Crippen molar-refractivity contribution in [2.75, 3.05) is 23.8 Å². The zero-order chi connectivity index (χ0) is 12.1. The minimum Gasteiger partial charge on any atom is -0.396 e. The highest BCUT2D eigenvalue weighted by Crippen LogP contribution is 2.16. The third-order valence-corrected chi connectivity index (χ3v) is 2.33. The molecule has 0 aliphatic rings. The summed E-state index contributed by atoms with van der Waals surface area (Å²) in [5.74, 6) is 1.12. The Bertz CT molecular complexity index is 321. The van der Waals surface area contributed by atoms with E-state index >= 15 is 0 Å². The molecule has 5 heteroatoms. The molecule has 0 amide bonds. The average molecular weight is 224 g/mol. The summed E-state index contributed by atoms with van der Waals surface area (Å²) < 4.78 is 0. The summed E-state index contributed by atoms with van der Waals surface area (Å²) in [6.07, 6.45) is 0.723. The minimum atomic E-state index is 0.183. The Balaban J connectivity index is 2.91. The molecule has 0 unspecified atom stereocenters. The molecule has 0 saturated carbocycles. The third-order valence-electron chi connectivity index (χ3n) is 2.33. The van der Waals surface area contributed by atoms with E-state index in [1.165, 1.54) is 0 Å². The summed E-state index contributed by atoms with van der Waals surface area (Å²) in [5, 5.41) is 8.87. The first-order chi connectivity index (χ1) is 7.54. The Morgan fingerprint density at radius 1 is 1.44 bits per heavy atom. The van der Waals surface area contributed by atoms with E-state index in [0.717, 1.165) is 24.5 Å². The van der Waals surface area contributed by atoms with Crippen molar-refractivity contribution in [2.45, 2.75) is 33.2 Å². The summed E-state index contributed by atoms with van der Waals surface area (Å²) in [6, 6.07) is 2.23. The van der Waals surface area contributed by atoms with Crippen LogP contribution in [0.1, 0.15) is 26.0 Å². The van der Waals surface area contributed by atoms with E-state index in [2.05, 4.69) is 28.7 Å². The highest BCUT2D eigenvalue weighted by Gasteiger charge is 2.12. The smallest absolute Gasteiger partial charge is 0.222 e. The molecular formula is C11H20N4O. The molecule has 5 nitrogen and oxygen atoms in total. The molecule has 0 radical (unpaired) electrons. The van der Waals surface area contributed by atoms with Crippen molar-refractivity contribution < 1.29 is 5.11 Å². The Kier molecular flexibility index (Phi) is 4.49. The lowest BCUT2D eigenvalue weighted by atomic mass is 10.2. The van der Waals surface area contributed by atoms with Gasteiger partial charge in [-0.2, -0.15) is 4.98 Å². The van der Waals surface area contributed by atoms with Gasteiger partial charge in [-0.25, -0.2) is 4.98 Å². The van der Waals surface area contributed by atoms with Gasteiger partial charge in [0.1, 0.15) is 5.82 Å². The van der Waals surface area contributed by atoms with Gasteiger partial charge in [0.15, 0.2) is 0 Å². The number of aryl methyl sites for hydroxylation is 1. The number of hydrogen-bond donors (Lipinski definition) is 2. The van der Waals surface area contributed by atoms with Crippen LogP contribution in [0, 0.1) is 6.92 Å². The highest BCUT2D eigenvalue weighted by molar-refractivity contribution is 5.43. The Morgan fingerprint density at radius 2 is 2.12 bits per heavy atom. The first-order valence-corrected chi connectivity index (χ1v) is 5.53. The normalized spacial score (nSPS) is 10.8. The number of nitrogens with two attached hydrogens (primary N) is 1. The van der Waals surface area contributed by atoms with E-state index in [1.807, 2.05) is 13.0 Å². The average Bonchev–Trinajstić information content (AvgIpc) is 2.16. The molecule has 0 atom stereocenters. The van der Waals surface area contributed by atoms with E-state index in [-0.39, 0.29) is 6.61 Å². The van der Waals surface area contributed by atoms with Gasteiger partial charge in [-0.3, -0.25) is 0 Å². The molecular weight excluding hydrogens is 204 g/mol. The first-order valence-electron chi connectivity index (χ1n) is 5.53. The van der Waals surface area contributed by atoms with Crippen LogP contribution < -0.4 is 10.6 Å². The second-order valence-corrected chi connectivity index (χ2v) is 4.09. The number of anilines is 2. The molecule has 1 aromatic heterocycles. The Labute approximate surface area is 96.3 Å². The summed E-state index contributed by atoms with van der Waals surface area (Å²) >= 11 is 0. The number of aliphatic hydroxyl groups excluding tert-OH is 1. The maximum atomic E-state index is 8.87. The topological polar surface area (TPSA) is 75.3 Å². The lowest BCUT2D eigenvalue weighted by Gasteiger charge is -2.27. The largest absolute Gasteiger partial charge is 0.396 e. The van der Waals surface area contributed by atoms with Gasteiger partial charge in [0.25, 0.3) is 0 Å². The zero-order valence-electron chi connectivity index (χ0n) is 10.1. The first kappa shape index (κ1) is 12.7. The van der Waals surface area contributed by atoms with Crippen molar-refractivity contribution in [3.05, 3.63) is 11.8 Å². The maximum absolute atomic E-state index is 8.87. The molecule has 0 bridgehead atoms. The van der Waals surface area contributed by atoms with Gasteiger partial charge in [0.05, 0.1) is 0 Å². The fourth-order valence-corrected chi connectivity index (χ4v) is 1.60. The lowest BCUT2D eigenvalue weighted by Crippen LogP contribution is -2.33. The van der Waals surface area contributed by atoms with Crippen LogP contribution in [0.5, 0.6) is 0 Å². The molecule has 3 N–H and O–H groups in total. The van der Waals surface area contributed by atoms with E-state index < -0.39 is 0 Å². The van der Waals surface area contributed by atoms with Crippen LogP contribution in [0.15, 0.2) is 6.07 Å². The van der Waals surface area contributed by atoms with Crippen molar-refractivity contribution in [3.8, 4) is 0 Å². The number of hydrogen-bond acceptors (Lipinski definition) is 5. The zero-order valence-corrected chi connectivity index (χ0v) is 10.1. The van der Waals surface area contributed by atoms with Crippen LogP contribution in [0.25, 0.3) is 0 Å². The van der Waals surface area contributed by atoms with Crippen molar-refractivity contribution in [1.29, 1.82) is 0 Å². The van der Waals surface area contributed by atoms with E-state index in [4.69, 9.17) is 10.8 Å². The van der Waals surface area contributed by atoms with Gasteiger partial charge < -0.3 is 15.7 Å². The molecule has 0 aliphatic heterocycles. The molecule has 1 heterocycles. The second-order valence-electron chi connectivity index (χ2n) is 4.09. The molecule has 90 valence electrons. The van der Waals surface area contributed by atoms with Gasteiger partial charge in [-0.15, -0.1) is 0 Å². The molecule has 0 spiro atoms. The molecule has 1 aromatic rings. The van der Waals surface area contributed by atoms with E-state index in [9.17, 15) is 0 Å². The fourth-order valence-electron chi connectivity index (χ4n) is 1.60. The summed E-state index contributed by atoms with van der Waals surface area (Å²) in [4.78, 5) is 10.4. The number of nitrogen functional groups attached to an aromatic ring is 1. The van der Waals surface area contributed by atoms with E-state index in [1.54, 1.807) is 0 Å². The van der Waals surface area contributed by atoms with Crippen LogP contribution in [-0.4, -0.2) is 34.3 Å². The Hall–Kier alpha value is -1.36. The van der Waals surface area contributed by atoms with Gasteiger partial charge in [0.2, 0.25) is 5.95 Å². The van der Waals surface area contributed by atoms with Crippen LogP contribution in [0.3, 0.4) is 0 Å². The predicted octanol–water partition coefficient (Wildman–Crippen LogP) is 0.964. The second kappa shape index (κ2) is 5.65. The molecule has 1 rings (SSSR count). The van der Waals surface area contributed by atoms with Gasteiger partial charge in [-0.1, -0.05) is 0 Å². The highest BCUT2D eigenvalue weighted by atomic mass is 16.3. The van der Waals surface area contributed by atoms with E-state index in [0.29, 0.717) is 12.0 Å². The fraction of sp³-hybridized carbons (Fsp3) is 0.636. The quantitative estimate of drug-likeness (QED) is 0.779. The molecule has 0 saturated heterocycles. The van der Waals surface area contributed by atoms with Gasteiger partial charge in [-0.05, 0) is 27.2 Å². The summed E-state index contributed by atoms with van der Waals surface area (Å²) in [7, 11) is 0. The molecule has 0 aliphatic carbocycles. The van der Waals surface area contributed by atoms with Crippen LogP contribution >= 0.6 is 0 Å². The van der Waals surface area contributed by atoms with Crippen molar-refractivity contribution in [3.63, 3.8) is 0 Å². The monoisotopic (exact) mass is 224 g/mol. The standard InChI is InChI=1S/C11H20N4O/c1-8(2)15(5-4-6-16)10-7-9(3)13-11(12)14-10/h7-8,16H,4-6H2,1-3H3,(H2,12,13,14). The number of rotatable bonds is 5. The SMILES string of the molecule is Cc1cc(N(CCCO)C(C)C)nc(N)n1. The molecule has 0 aromatic carbocycles. The summed E-state index contributed by atoms with van der Waals surface area (Å²) in [5.41, 5.74) is 6.49. The molecule has 16 heavy (non-hydrogen) atoms. The van der Waals surface area contributed by atoms with Crippen LogP contribution in [0.4, 0.5) is 11.8 Å². The predicted molar refractivity (Wildman–Crippen MR) is 65.4 cm³/mol. The number of aliphatic hydroxyl groups is 1. The lowest BCUT2D eigenvalue weighted by molar-refractivity contribution is 0.288. The minimum absolute atomic E-state index is 0.183. The van der Waals surface area contributed by atoms with Gasteiger partial charge >= 0.3 is 0 Å². The molecule has 0 fully saturated rings. The maximum Gasteiger partial charge on any atom is 0.222 e. The van der Waals surface area contributed by atoms with Crippen LogP contribution in [0.2, 0.25) is 0 Å². The summed E-state index contributed by atoms with van der Waals surface area (Å²) in [6.45, 7) is 7.02. The van der Waals surface area contributed by atoms with Crippen molar-refractivity contribution >= 4 is 11.8 Å². The number of aromatic nitrogens is 2. The Morgan fingerprint density at radius 3 is 2.62 bits per heavy atom. The van der Waals surface area contributed by atoms with Gasteiger partial charge in [0, 0.05) is 31.0 Å². The number of nitrogens with zero attached hydrogens (tertiary/aromatic N) is 3. The van der Waals surface area contributed by atoms with Crippen molar-refractivity contribution in [1.82, 2.24) is 9.97 Å². The third kappa shape index (κ3) is 3.34. The van der Waals surface area contributed by atoms with Crippen molar-refractivity contribution in [2.24, 2.45) is 0 Å². The van der Waals surface area contributed by atoms with Crippen LogP contribution in [-0.2, 0) is 0 Å².